The Labute approximate surface area is 218 Å². The minimum atomic E-state index is -0.465. The molecule has 0 aliphatic rings. The summed E-state index contributed by atoms with van der Waals surface area (Å²) in [5.41, 5.74) is 5.11. The van der Waals surface area contributed by atoms with Crippen LogP contribution in [0.2, 0.25) is 0 Å². The molecule has 0 aliphatic carbocycles. The topological polar surface area (TPSA) is 96.4 Å². The molecule has 0 fully saturated rings. The molecule has 7 nitrogen and oxygen atoms in total. The van der Waals surface area contributed by atoms with Crippen molar-refractivity contribution < 1.29 is 19.1 Å². The van der Waals surface area contributed by atoms with E-state index >= 15 is 0 Å². The first-order valence-electron chi connectivity index (χ1n) is 11.0. The number of furan rings is 1. The third-order valence-electron chi connectivity index (χ3n) is 4.35. The number of nitrogens with zero attached hydrogens (tertiary/aromatic N) is 2. The molecule has 0 radical (unpaired) electrons. The fourth-order valence-electron chi connectivity index (χ4n) is 2.69. The summed E-state index contributed by atoms with van der Waals surface area (Å²) in [5.74, 6) is 1.20. The van der Waals surface area contributed by atoms with Crippen LogP contribution in [0.25, 0.3) is 0 Å². The number of aryl methyl sites for hydroxylation is 1. The highest BCUT2D eigenvalue weighted by atomic mass is 79.9. The maximum Gasteiger partial charge on any atom is 0.307 e. The van der Waals surface area contributed by atoms with Gasteiger partial charge in [0.05, 0.1) is 34.3 Å². The zero-order valence-corrected chi connectivity index (χ0v) is 22.9. The van der Waals surface area contributed by atoms with E-state index in [9.17, 15) is 9.90 Å². The molecule has 0 spiro atoms. The SMILES string of the molecule is CCC.COc1cc(/C=N/NC(=O)c2ccc(CSC(C)=Nc3ccccc3C)o2)cc(Br)c1O. The number of phenolic OH excluding ortho intramolecular Hbond substituents is 1. The van der Waals surface area contributed by atoms with E-state index < -0.39 is 5.91 Å². The summed E-state index contributed by atoms with van der Waals surface area (Å²) in [7, 11) is 1.45. The summed E-state index contributed by atoms with van der Waals surface area (Å²) in [5, 5.41) is 14.7. The number of hydrazone groups is 1. The Balaban J connectivity index is 0.00000137. The van der Waals surface area contributed by atoms with Gasteiger partial charge in [0.25, 0.3) is 0 Å². The predicted molar refractivity (Wildman–Crippen MR) is 147 cm³/mol. The molecule has 186 valence electrons. The minimum Gasteiger partial charge on any atom is -0.503 e. The Hall–Kier alpha value is -3.04. The molecule has 3 aromatic rings. The number of aromatic hydroxyl groups is 1. The molecule has 0 saturated carbocycles. The smallest absolute Gasteiger partial charge is 0.307 e. The van der Waals surface area contributed by atoms with Crippen LogP contribution >= 0.6 is 27.7 Å². The number of aliphatic imine (C=N–C) groups is 1. The van der Waals surface area contributed by atoms with Crippen LogP contribution in [0.15, 0.2) is 67.5 Å². The van der Waals surface area contributed by atoms with Crippen molar-refractivity contribution in [1.29, 1.82) is 0 Å². The third-order valence-corrected chi connectivity index (χ3v) is 5.89. The van der Waals surface area contributed by atoms with E-state index in [4.69, 9.17) is 9.15 Å². The van der Waals surface area contributed by atoms with Gasteiger partial charge in [-0.2, -0.15) is 5.10 Å². The van der Waals surface area contributed by atoms with E-state index in [0.717, 1.165) is 16.3 Å². The summed E-state index contributed by atoms with van der Waals surface area (Å²) in [6.07, 6.45) is 2.69. The molecule has 0 aliphatic heterocycles. The molecule has 0 atom stereocenters. The second kappa shape index (κ2) is 14.4. The van der Waals surface area contributed by atoms with Gasteiger partial charge in [0.1, 0.15) is 5.76 Å². The Morgan fingerprint density at radius 3 is 2.63 bits per heavy atom. The fraction of sp³-hybridized carbons (Fsp3) is 0.269. The average molecular weight is 561 g/mol. The monoisotopic (exact) mass is 559 g/mol. The summed E-state index contributed by atoms with van der Waals surface area (Å²) < 4.78 is 11.2. The van der Waals surface area contributed by atoms with E-state index in [1.807, 2.05) is 38.1 Å². The maximum atomic E-state index is 12.3. The minimum absolute atomic E-state index is 0.00569. The highest BCUT2D eigenvalue weighted by Crippen LogP contribution is 2.34. The molecule has 1 heterocycles. The van der Waals surface area contributed by atoms with Gasteiger partial charge in [0, 0.05) is 0 Å². The van der Waals surface area contributed by atoms with E-state index in [2.05, 4.69) is 45.3 Å². The van der Waals surface area contributed by atoms with Gasteiger partial charge in [-0.25, -0.2) is 10.4 Å². The van der Waals surface area contributed by atoms with Crippen molar-refractivity contribution in [3.05, 3.63) is 75.7 Å². The van der Waals surface area contributed by atoms with Crippen molar-refractivity contribution in [2.45, 2.75) is 39.9 Å². The molecule has 0 bridgehead atoms. The largest absolute Gasteiger partial charge is 0.503 e. The molecule has 9 heteroatoms. The molecule has 1 aromatic heterocycles. The summed E-state index contributed by atoms with van der Waals surface area (Å²) in [6.45, 7) is 8.22. The number of hydrogen-bond donors (Lipinski definition) is 2. The lowest BCUT2D eigenvalue weighted by Gasteiger charge is -2.06. The van der Waals surface area contributed by atoms with Crippen molar-refractivity contribution in [3.63, 3.8) is 0 Å². The van der Waals surface area contributed by atoms with Crippen molar-refractivity contribution in [2.75, 3.05) is 7.11 Å². The number of hydrogen-bond acceptors (Lipinski definition) is 7. The number of benzene rings is 2. The van der Waals surface area contributed by atoms with Crippen molar-refractivity contribution >= 4 is 50.5 Å². The average Bonchev–Trinajstić information content (AvgIpc) is 3.31. The number of para-hydroxylation sites is 1. The van der Waals surface area contributed by atoms with E-state index in [1.54, 1.807) is 24.3 Å². The molecule has 0 unspecified atom stereocenters. The molecular weight excluding hydrogens is 530 g/mol. The zero-order valence-electron chi connectivity index (χ0n) is 20.5. The van der Waals surface area contributed by atoms with Crippen LogP contribution in [0, 0.1) is 6.92 Å². The summed E-state index contributed by atoms with van der Waals surface area (Å²) >= 11 is 4.78. The number of amides is 1. The number of nitrogens with one attached hydrogen (secondary N) is 1. The van der Waals surface area contributed by atoms with Crippen LogP contribution in [0.4, 0.5) is 5.69 Å². The summed E-state index contributed by atoms with van der Waals surface area (Å²) in [4.78, 5) is 16.9. The lowest BCUT2D eigenvalue weighted by molar-refractivity contribution is 0.0926. The normalized spacial score (nSPS) is 11.2. The number of thioether (sulfide) groups is 1. The number of methoxy groups -OCH3 is 1. The van der Waals surface area contributed by atoms with Gasteiger partial charge in [-0.3, -0.25) is 4.79 Å². The number of ether oxygens (including phenoxy) is 1. The molecule has 3 rings (SSSR count). The van der Waals surface area contributed by atoms with Gasteiger partial charge in [-0.1, -0.05) is 38.5 Å². The second-order valence-corrected chi connectivity index (χ2v) is 9.45. The van der Waals surface area contributed by atoms with Gasteiger partial charge in [-0.05, 0) is 71.2 Å². The fourth-order valence-corrected chi connectivity index (χ4v) is 3.82. The molecular formula is C26H30BrN3O4S. The van der Waals surface area contributed by atoms with Crippen LogP contribution in [0.3, 0.4) is 0 Å². The predicted octanol–water partition coefficient (Wildman–Crippen LogP) is 7.23. The van der Waals surface area contributed by atoms with Gasteiger partial charge in [0.2, 0.25) is 0 Å². The standard InChI is InChI=1S/C23H22BrN3O4S.C3H8/c1-14-6-4-5-7-19(14)26-15(2)32-13-17-8-9-20(31-17)23(29)27-25-12-16-10-18(24)22(28)21(11-16)30-3;1-3-2/h4-12,28H,13H2,1-3H3,(H,27,29);3H2,1-2H3/b25-12+,26-15?;. The first-order chi connectivity index (χ1) is 16.8. The van der Waals surface area contributed by atoms with Gasteiger partial charge < -0.3 is 14.3 Å². The molecule has 0 saturated heterocycles. The molecule has 1 amide bonds. The van der Waals surface area contributed by atoms with Crippen LogP contribution in [-0.2, 0) is 5.75 Å². The highest BCUT2D eigenvalue weighted by molar-refractivity contribution is 9.10. The van der Waals surface area contributed by atoms with Crippen molar-refractivity contribution in [1.82, 2.24) is 5.43 Å². The lowest BCUT2D eigenvalue weighted by Crippen LogP contribution is -2.16. The van der Waals surface area contributed by atoms with Crippen LogP contribution in [0.1, 0.15) is 54.6 Å². The first-order valence-corrected chi connectivity index (χ1v) is 12.8. The number of halogens is 1. The third kappa shape index (κ3) is 8.92. The maximum absolute atomic E-state index is 12.3. The molecule has 35 heavy (non-hydrogen) atoms. The Kier molecular flexibility index (Phi) is 11.6. The van der Waals surface area contributed by atoms with Crippen molar-refractivity contribution in [2.24, 2.45) is 10.1 Å². The van der Waals surface area contributed by atoms with E-state index in [0.29, 0.717) is 27.3 Å². The quantitative estimate of drug-likeness (QED) is 0.181. The first kappa shape index (κ1) is 28.2. The van der Waals surface area contributed by atoms with Crippen molar-refractivity contribution in [3.8, 4) is 11.5 Å². The molecule has 2 aromatic carbocycles. The van der Waals surface area contributed by atoms with Crippen LogP contribution in [-0.4, -0.2) is 29.4 Å². The van der Waals surface area contributed by atoms with Gasteiger partial charge in [-0.15, -0.1) is 11.8 Å². The highest BCUT2D eigenvalue weighted by Gasteiger charge is 2.11. The Morgan fingerprint density at radius 1 is 1.23 bits per heavy atom. The lowest BCUT2D eigenvalue weighted by atomic mass is 10.2. The Morgan fingerprint density at radius 2 is 1.94 bits per heavy atom. The van der Waals surface area contributed by atoms with Gasteiger partial charge >= 0.3 is 5.91 Å². The number of rotatable bonds is 7. The van der Waals surface area contributed by atoms with Gasteiger partial charge in [0.15, 0.2) is 17.3 Å². The van der Waals surface area contributed by atoms with Crippen LogP contribution in [0.5, 0.6) is 11.5 Å². The number of carbonyl (C=O) groups excluding carboxylic acids is 1. The number of phenols is 1. The zero-order chi connectivity index (χ0) is 25.8. The number of carbonyl (C=O) groups is 1. The van der Waals surface area contributed by atoms with E-state index in [1.165, 1.54) is 31.5 Å². The molecule has 2 N–H and O–H groups in total. The van der Waals surface area contributed by atoms with Crippen LogP contribution < -0.4 is 10.2 Å². The van der Waals surface area contributed by atoms with E-state index in [-0.39, 0.29) is 11.5 Å². The Bertz CT molecular complexity index is 1190. The summed E-state index contributed by atoms with van der Waals surface area (Å²) in [6, 6.07) is 14.5. The second-order valence-electron chi connectivity index (χ2n) is 7.43.